The molecule has 0 bridgehead atoms. The number of rotatable bonds is 5. The van der Waals surface area contributed by atoms with E-state index in [-0.39, 0.29) is 0 Å². The Morgan fingerprint density at radius 1 is 1.39 bits per heavy atom. The van der Waals surface area contributed by atoms with E-state index in [0.717, 1.165) is 31.0 Å². The lowest BCUT2D eigenvalue weighted by Crippen LogP contribution is -2.05. The Morgan fingerprint density at radius 2 is 2.22 bits per heavy atom. The fraction of sp³-hybridized carbons (Fsp3) is 0.357. The van der Waals surface area contributed by atoms with Crippen molar-refractivity contribution >= 4 is 11.6 Å². The van der Waals surface area contributed by atoms with E-state index < -0.39 is 0 Å². The first-order chi connectivity index (χ1) is 8.70. The Bertz CT molecular complexity index is 520. The second kappa shape index (κ2) is 6.03. The second-order valence-electron chi connectivity index (χ2n) is 4.44. The molecule has 0 aliphatic heterocycles. The summed E-state index contributed by atoms with van der Waals surface area (Å²) >= 11 is 5.98. The zero-order chi connectivity index (χ0) is 13.0. The monoisotopic (exact) mass is 263 g/mol. The summed E-state index contributed by atoms with van der Waals surface area (Å²) in [5, 5.41) is 5.19. The highest BCUT2D eigenvalue weighted by Gasteiger charge is 2.06. The first-order valence-corrected chi connectivity index (χ1v) is 6.54. The summed E-state index contributed by atoms with van der Waals surface area (Å²) in [5.74, 6) is 0. The van der Waals surface area contributed by atoms with Crippen molar-refractivity contribution in [1.82, 2.24) is 9.78 Å². The molecule has 0 saturated carbocycles. The van der Waals surface area contributed by atoms with Crippen LogP contribution in [0.25, 0.3) is 0 Å². The molecule has 0 amide bonds. The molecule has 0 spiro atoms. The van der Waals surface area contributed by atoms with Crippen LogP contribution in [0, 0.1) is 6.92 Å². The van der Waals surface area contributed by atoms with Gasteiger partial charge in [-0.15, -0.1) is 0 Å². The molecule has 2 N–H and O–H groups in total. The van der Waals surface area contributed by atoms with Gasteiger partial charge in [0.15, 0.2) is 0 Å². The molecule has 0 saturated heterocycles. The number of halogens is 1. The SMILES string of the molecule is Cc1c(CCCN)cnn1Cc1cccc(Cl)c1. The standard InChI is InChI=1S/C14H18ClN3/c1-11-13(5-3-7-16)9-17-18(11)10-12-4-2-6-14(15)8-12/h2,4,6,8-9H,3,5,7,10,16H2,1H3. The molecule has 2 rings (SSSR count). The molecule has 3 nitrogen and oxygen atoms in total. The van der Waals surface area contributed by atoms with Gasteiger partial charge in [0.1, 0.15) is 0 Å². The smallest absolute Gasteiger partial charge is 0.0663 e. The third kappa shape index (κ3) is 3.12. The number of aryl methyl sites for hydroxylation is 1. The summed E-state index contributed by atoms with van der Waals surface area (Å²) in [6.45, 7) is 3.58. The van der Waals surface area contributed by atoms with Crippen LogP contribution < -0.4 is 5.73 Å². The number of nitrogens with zero attached hydrogens (tertiary/aromatic N) is 2. The minimum Gasteiger partial charge on any atom is -0.330 e. The quantitative estimate of drug-likeness (QED) is 0.902. The van der Waals surface area contributed by atoms with Gasteiger partial charge in [0.2, 0.25) is 0 Å². The van der Waals surface area contributed by atoms with Gasteiger partial charge in [0.05, 0.1) is 12.7 Å². The van der Waals surface area contributed by atoms with Crippen molar-refractivity contribution in [3.63, 3.8) is 0 Å². The molecule has 96 valence electrons. The number of hydrogen-bond donors (Lipinski definition) is 1. The Morgan fingerprint density at radius 3 is 2.94 bits per heavy atom. The summed E-state index contributed by atoms with van der Waals surface area (Å²) in [7, 11) is 0. The predicted molar refractivity (Wildman–Crippen MR) is 74.9 cm³/mol. The molecule has 1 heterocycles. The Kier molecular flexibility index (Phi) is 4.39. The van der Waals surface area contributed by atoms with E-state index >= 15 is 0 Å². The predicted octanol–water partition coefficient (Wildman–Crippen LogP) is 2.78. The highest BCUT2D eigenvalue weighted by Crippen LogP contribution is 2.14. The minimum absolute atomic E-state index is 0.721. The average molecular weight is 264 g/mol. The molecule has 18 heavy (non-hydrogen) atoms. The van der Waals surface area contributed by atoms with Crippen molar-refractivity contribution < 1.29 is 0 Å². The minimum atomic E-state index is 0.721. The van der Waals surface area contributed by atoms with Gasteiger partial charge in [-0.05, 0) is 49.6 Å². The van der Waals surface area contributed by atoms with Crippen LogP contribution in [0.15, 0.2) is 30.5 Å². The number of aromatic nitrogens is 2. The lowest BCUT2D eigenvalue weighted by atomic mass is 10.1. The molecule has 0 fully saturated rings. The van der Waals surface area contributed by atoms with E-state index in [2.05, 4.69) is 18.1 Å². The summed E-state index contributed by atoms with van der Waals surface area (Å²) in [6.07, 6.45) is 3.94. The third-order valence-electron chi connectivity index (χ3n) is 3.08. The van der Waals surface area contributed by atoms with Gasteiger partial charge in [-0.1, -0.05) is 23.7 Å². The number of nitrogens with two attached hydrogens (primary N) is 1. The maximum atomic E-state index is 5.98. The molecule has 0 aliphatic rings. The van der Waals surface area contributed by atoms with Gasteiger partial charge in [0.25, 0.3) is 0 Å². The van der Waals surface area contributed by atoms with Crippen molar-refractivity contribution in [1.29, 1.82) is 0 Å². The van der Waals surface area contributed by atoms with Crippen molar-refractivity contribution in [2.45, 2.75) is 26.3 Å². The third-order valence-corrected chi connectivity index (χ3v) is 3.31. The molecule has 0 atom stereocenters. The molecule has 1 aromatic carbocycles. The van der Waals surface area contributed by atoms with Crippen LogP contribution in [0.4, 0.5) is 0 Å². The zero-order valence-electron chi connectivity index (χ0n) is 10.6. The number of benzene rings is 1. The zero-order valence-corrected chi connectivity index (χ0v) is 11.3. The van der Waals surface area contributed by atoms with Crippen LogP contribution in [-0.2, 0) is 13.0 Å². The van der Waals surface area contributed by atoms with E-state index in [9.17, 15) is 0 Å². The highest BCUT2D eigenvalue weighted by molar-refractivity contribution is 6.30. The summed E-state index contributed by atoms with van der Waals surface area (Å²) in [4.78, 5) is 0. The van der Waals surface area contributed by atoms with E-state index in [0.29, 0.717) is 0 Å². The van der Waals surface area contributed by atoms with Crippen LogP contribution in [0.1, 0.15) is 23.2 Å². The molecule has 0 unspecified atom stereocenters. The van der Waals surface area contributed by atoms with Crippen LogP contribution in [0.3, 0.4) is 0 Å². The Labute approximate surface area is 113 Å². The average Bonchev–Trinajstić information content (AvgIpc) is 2.69. The van der Waals surface area contributed by atoms with Gasteiger partial charge in [0, 0.05) is 10.7 Å². The van der Waals surface area contributed by atoms with E-state index in [1.54, 1.807) is 0 Å². The number of hydrogen-bond acceptors (Lipinski definition) is 2. The molecule has 4 heteroatoms. The fourth-order valence-corrected chi connectivity index (χ4v) is 2.20. The van der Waals surface area contributed by atoms with Crippen LogP contribution in [0.2, 0.25) is 5.02 Å². The first kappa shape index (κ1) is 13.1. The largest absolute Gasteiger partial charge is 0.330 e. The fourth-order valence-electron chi connectivity index (χ4n) is 1.99. The van der Waals surface area contributed by atoms with Gasteiger partial charge in [-0.2, -0.15) is 5.10 Å². The van der Waals surface area contributed by atoms with Crippen LogP contribution in [-0.4, -0.2) is 16.3 Å². The Hall–Kier alpha value is -1.32. The molecule has 0 radical (unpaired) electrons. The van der Waals surface area contributed by atoms with Crippen molar-refractivity contribution in [3.8, 4) is 0 Å². The highest BCUT2D eigenvalue weighted by atomic mass is 35.5. The van der Waals surface area contributed by atoms with Gasteiger partial charge in [-0.3, -0.25) is 4.68 Å². The maximum Gasteiger partial charge on any atom is 0.0663 e. The summed E-state index contributed by atoms with van der Waals surface area (Å²) in [6, 6.07) is 7.88. The normalized spacial score (nSPS) is 10.8. The summed E-state index contributed by atoms with van der Waals surface area (Å²) < 4.78 is 2.01. The van der Waals surface area contributed by atoms with E-state index in [1.807, 2.05) is 29.1 Å². The van der Waals surface area contributed by atoms with E-state index in [4.69, 9.17) is 17.3 Å². The molecule has 0 aliphatic carbocycles. The lowest BCUT2D eigenvalue weighted by molar-refractivity contribution is 0.662. The topological polar surface area (TPSA) is 43.8 Å². The van der Waals surface area contributed by atoms with Gasteiger partial charge in [-0.25, -0.2) is 0 Å². The van der Waals surface area contributed by atoms with Crippen molar-refractivity contribution in [3.05, 3.63) is 52.3 Å². The van der Waals surface area contributed by atoms with Crippen molar-refractivity contribution in [2.75, 3.05) is 6.54 Å². The molecule has 2 aromatic rings. The Balaban J connectivity index is 2.12. The second-order valence-corrected chi connectivity index (χ2v) is 4.87. The first-order valence-electron chi connectivity index (χ1n) is 6.16. The lowest BCUT2D eigenvalue weighted by Gasteiger charge is -2.06. The van der Waals surface area contributed by atoms with Crippen LogP contribution in [0.5, 0.6) is 0 Å². The maximum absolute atomic E-state index is 5.98. The molecular weight excluding hydrogens is 246 g/mol. The van der Waals surface area contributed by atoms with E-state index in [1.165, 1.54) is 16.8 Å². The summed E-state index contributed by atoms with van der Waals surface area (Å²) in [5.41, 5.74) is 9.19. The van der Waals surface area contributed by atoms with Crippen LogP contribution >= 0.6 is 11.6 Å². The molecular formula is C14H18ClN3. The van der Waals surface area contributed by atoms with Crippen molar-refractivity contribution in [2.24, 2.45) is 5.73 Å². The van der Waals surface area contributed by atoms with Gasteiger partial charge >= 0.3 is 0 Å². The molecule has 1 aromatic heterocycles. The van der Waals surface area contributed by atoms with Gasteiger partial charge < -0.3 is 5.73 Å².